The molecule has 1 saturated heterocycles. The third-order valence-corrected chi connectivity index (χ3v) is 6.05. The van der Waals surface area contributed by atoms with Crippen molar-refractivity contribution < 1.29 is 14.3 Å². The quantitative estimate of drug-likeness (QED) is 0.552. The van der Waals surface area contributed by atoms with Crippen LogP contribution in [0.1, 0.15) is 23.2 Å². The van der Waals surface area contributed by atoms with E-state index in [0.29, 0.717) is 22.9 Å². The van der Waals surface area contributed by atoms with Gasteiger partial charge in [-0.25, -0.2) is 0 Å². The molecule has 0 aliphatic carbocycles. The van der Waals surface area contributed by atoms with Crippen LogP contribution in [0.15, 0.2) is 67.0 Å². The standard InChI is InChI=1S/C25H27ClN4O3/c1-33-23-16-22(30-11-5-6-12-30)21(26)15-20(23)25(32)28-19-9-13-29(14-10-19)17-24(31)27-18-7-3-2-4-8-18/h2-8,11-12,15-16,19H,9-10,13-14,17H2,1H3,(H,27,31)(H,28,32). The Balaban J connectivity index is 1.32. The second-order valence-electron chi connectivity index (χ2n) is 8.03. The third kappa shape index (κ3) is 5.74. The topological polar surface area (TPSA) is 75.6 Å². The van der Waals surface area contributed by atoms with Crippen LogP contribution in [0, 0.1) is 0 Å². The first-order chi connectivity index (χ1) is 16.0. The number of halogens is 1. The molecular weight excluding hydrogens is 440 g/mol. The minimum atomic E-state index is -0.215. The third-order valence-electron chi connectivity index (χ3n) is 5.74. The van der Waals surface area contributed by atoms with Crippen LogP contribution < -0.4 is 15.4 Å². The summed E-state index contributed by atoms with van der Waals surface area (Å²) in [6.45, 7) is 1.80. The Hall–Kier alpha value is -3.29. The molecule has 33 heavy (non-hydrogen) atoms. The first-order valence-electron chi connectivity index (χ1n) is 10.9. The molecule has 0 unspecified atom stereocenters. The van der Waals surface area contributed by atoms with Gasteiger partial charge in [-0.2, -0.15) is 0 Å². The van der Waals surface area contributed by atoms with Crippen molar-refractivity contribution in [1.29, 1.82) is 0 Å². The first-order valence-corrected chi connectivity index (χ1v) is 11.3. The number of methoxy groups -OCH3 is 1. The average Bonchev–Trinajstić information content (AvgIpc) is 3.35. The molecular formula is C25H27ClN4O3. The molecule has 2 aromatic carbocycles. The van der Waals surface area contributed by atoms with E-state index in [2.05, 4.69) is 15.5 Å². The lowest BCUT2D eigenvalue weighted by atomic mass is 10.0. The van der Waals surface area contributed by atoms with Crippen LogP contribution in [0.2, 0.25) is 5.02 Å². The lowest BCUT2D eigenvalue weighted by Gasteiger charge is -2.32. The minimum Gasteiger partial charge on any atom is -0.496 e. The SMILES string of the molecule is COc1cc(-n2cccc2)c(Cl)cc1C(=O)NC1CCN(CC(=O)Nc2ccccc2)CC1. The molecule has 0 radical (unpaired) electrons. The molecule has 7 nitrogen and oxygen atoms in total. The molecule has 1 aliphatic rings. The van der Waals surface area contributed by atoms with E-state index in [4.69, 9.17) is 16.3 Å². The van der Waals surface area contributed by atoms with Crippen molar-refractivity contribution in [3.8, 4) is 11.4 Å². The Morgan fingerprint density at radius 2 is 1.76 bits per heavy atom. The van der Waals surface area contributed by atoms with Crippen LogP contribution in [-0.4, -0.2) is 54.1 Å². The fourth-order valence-electron chi connectivity index (χ4n) is 4.01. The molecule has 8 heteroatoms. The lowest BCUT2D eigenvalue weighted by Crippen LogP contribution is -2.46. The zero-order valence-corrected chi connectivity index (χ0v) is 19.2. The van der Waals surface area contributed by atoms with E-state index in [1.54, 1.807) is 19.2 Å². The summed E-state index contributed by atoms with van der Waals surface area (Å²) in [5, 5.41) is 6.47. The number of benzene rings is 2. The van der Waals surface area contributed by atoms with Gasteiger partial charge >= 0.3 is 0 Å². The zero-order chi connectivity index (χ0) is 23.2. The van der Waals surface area contributed by atoms with Gasteiger partial charge in [-0.15, -0.1) is 0 Å². The van der Waals surface area contributed by atoms with E-state index in [0.717, 1.165) is 37.3 Å². The monoisotopic (exact) mass is 466 g/mol. The van der Waals surface area contributed by atoms with Gasteiger partial charge in [-0.05, 0) is 43.2 Å². The minimum absolute atomic E-state index is 0.0264. The summed E-state index contributed by atoms with van der Waals surface area (Å²) < 4.78 is 7.34. The smallest absolute Gasteiger partial charge is 0.255 e. The van der Waals surface area contributed by atoms with Gasteiger partial charge in [0.1, 0.15) is 5.75 Å². The van der Waals surface area contributed by atoms with Gasteiger partial charge in [-0.1, -0.05) is 29.8 Å². The van der Waals surface area contributed by atoms with E-state index in [1.165, 1.54) is 0 Å². The van der Waals surface area contributed by atoms with Crippen LogP contribution in [0.4, 0.5) is 5.69 Å². The van der Waals surface area contributed by atoms with Gasteiger partial charge in [0, 0.05) is 43.3 Å². The molecule has 0 spiro atoms. The summed E-state index contributed by atoms with van der Waals surface area (Å²) in [6.07, 6.45) is 5.30. The van der Waals surface area contributed by atoms with Gasteiger partial charge in [0.05, 0.1) is 29.9 Å². The number of nitrogens with zero attached hydrogens (tertiary/aromatic N) is 2. The average molecular weight is 467 g/mol. The Morgan fingerprint density at radius 3 is 2.42 bits per heavy atom. The predicted molar refractivity (Wildman–Crippen MR) is 129 cm³/mol. The summed E-state index contributed by atoms with van der Waals surface area (Å²) >= 11 is 6.46. The number of carbonyl (C=O) groups is 2. The van der Waals surface area contributed by atoms with Crippen molar-refractivity contribution in [2.24, 2.45) is 0 Å². The molecule has 2 amide bonds. The van der Waals surface area contributed by atoms with Gasteiger partial charge in [0.25, 0.3) is 5.91 Å². The summed E-state index contributed by atoms with van der Waals surface area (Å²) in [4.78, 5) is 27.4. The number of piperidine rings is 1. The molecule has 1 aromatic heterocycles. The number of likely N-dealkylation sites (tertiary alicyclic amines) is 1. The molecule has 172 valence electrons. The van der Waals surface area contributed by atoms with E-state index < -0.39 is 0 Å². The summed E-state index contributed by atoms with van der Waals surface area (Å²) in [5.74, 6) is 0.217. The Kier molecular flexibility index (Phi) is 7.32. The normalized spacial score (nSPS) is 14.6. The molecule has 0 atom stereocenters. The second-order valence-corrected chi connectivity index (χ2v) is 8.44. The van der Waals surface area contributed by atoms with Crippen molar-refractivity contribution in [1.82, 2.24) is 14.8 Å². The van der Waals surface area contributed by atoms with Crippen LogP contribution in [0.25, 0.3) is 5.69 Å². The molecule has 1 aliphatic heterocycles. The number of ether oxygens (including phenoxy) is 1. The first kappa shape index (κ1) is 22.9. The maximum atomic E-state index is 13.0. The summed E-state index contributed by atoms with van der Waals surface area (Å²) in [7, 11) is 1.54. The molecule has 0 bridgehead atoms. The zero-order valence-electron chi connectivity index (χ0n) is 18.5. The molecule has 0 saturated carbocycles. The van der Waals surface area contributed by atoms with Crippen LogP contribution in [-0.2, 0) is 4.79 Å². The maximum Gasteiger partial charge on any atom is 0.255 e. The second kappa shape index (κ2) is 10.6. The number of aromatic nitrogens is 1. The van der Waals surface area contributed by atoms with E-state index in [-0.39, 0.29) is 17.9 Å². The fourth-order valence-corrected chi connectivity index (χ4v) is 4.27. The lowest BCUT2D eigenvalue weighted by molar-refractivity contribution is -0.117. The van der Waals surface area contributed by atoms with E-state index >= 15 is 0 Å². The fraction of sp³-hybridized carbons (Fsp3) is 0.280. The highest BCUT2D eigenvalue weighted by atomic mass is 35.5. The van der Waals surface area contributed by atoms with Gasteiger partial charge in [-0.3, -0.25) is 14.5 Å². The van der Waals surface area contributed by atoms with Crippen molar-refractivity contribution >= 4 is 29.1 Å². The number of rotatable bonds is 7. The Bertz CT molecular complexity index is 1090. The van der Waals surface area contributed by atoms with Crippen LogP contribution >= 0.6 is 11.6 Å². The van der Waals surface area contributed by atoms with Crippen molar-refractivity contribution in [2.75, 3.05) is 32.1 Å². The number of anilines is 1. The summed E-state index contributed by atoms with van der Waals surface area (Å²) in [5.41, 5.74) is 1.94. The number of hydrogen-bond acceptors (Lipinski definition) is 4. The largest absolute Gasteiger partial charge is 0.496 e. The highest BCUT2D eigenvalue weighted by Crippen LogP contribution is 2.30. The van der Waals surface area contributed by atoms with E-state index in [1.807, 2.05) is 59.4 Å². The molecule has 2 heterocycles. The number of carbonyl (C=O) groups excluding carboxylic acids is 2. The van der Waals surface area contributed by atoms with Crippen molar-refractivity contribution in [2.45, 2.75) is 18.9 Å². The number of hydrogen-bond donors (Lipinski definition) is 2. The van der Waals surface area contributed by atoms with E-state index in [9.17, 15) is 9.59 Å². The Morgan fingerprint density at radius 1 is 1.06 bits per heavy atom. The molecule has 1 fully saturated rings. The maximum absolute atomic E-state index is 13.0. The predicted octanol–water partition coefficient (Wildman–Crippen LogP) is 3.97. The van der Waals surface area contributed by atoms with Crippen LogP contribution in [0.3, 0.4) is 0 Å². The van der Waals surface area contributed by atoms with Crippen molar-refractivity contribution in [3.05, 3.63) is 77.6 Å². The Labute approximate surface area is 198 Å². The molecule has 2 N–H and O–H groups in total. The number of para-hydroxylation sites is 1. The van der Waals surface area contributed by atoms with Gasteiger partial charge < -0.3 is 19.9 Å². The number of nitrogens with one attached hydrogen (secondary N) is 2. The molecule has 4 rings (SSSR count). The van der Waals surface area contributed by atoms with Crippen molar-refractivity contribution in [3.63, 3.8) is 0 Å². The number of amides is 2. The summed E-state index contributed by atoms with van der Waals surface area (Å²) in [6, 6.07) is 16.7. The highest BCUT2D eigenvalue weighted by molar-refractivity contribution is 6.33. The van der Waals surface area contributed by atoms with Gasteiger partial charge in [0.2, 0.25) is 5.91 Å². The molecule has 3 aromatic rings. The van der Waals surface area contributed by atoms with Crippen LogP contribution in [0.5, 0.6) is 5.75 Å². The highest BCUT2D eigenvalue weighted by Gasteiger charge is 2.24. The van der Waals surface area contributed by atoms with Gasteiger partial charge in [0.15, 0.2) is 0 Å².